The summed E-state index contributed by atoms with van der Waals surface area (Å²) in [6.45, 7) is 7.20. The van der Waals surface area contributed by atoms with Crippen molar-refractivity contribution in [3.8, 4) is 0 Å². The number of carbonyl (C=O) groups excluding carboxylic acids is 2. The molecule has 0 aliphatic carbocycles. The summed E-state index contributed by atoms with van der Waals surface area (Å²) < 4.78 is 32.1. The summed E-state index contributed by atoms with van der Waals surface area (Å²) in [5, 5.41) is 0. The van der Waals surface area contributed by atoms with E-state index in [-0.39, 0.29) is 26.1 Å². The van der Waals surface area contributed by atoms with E-state index in [9.17, 15) is 19.0 Å². The zero-order valence-electron chi connectivity index (χ0n) is 20.2. The molecule has 0 heterocycles. The number of phosphoric acid groups is 1. The van der Waals surface area contributed by atoms with Gasteiger partial charge in [0, 0.05) is 12.8 Å². The molecule has 0 radical (unpaired) electrons. The molecule has 0 bridgehead atoms. The monoisotopic (exact) mass is 494 g/mol. The number of unbranched alkanes of at least 4 members (excludes halogenated alkanes) is 10. The molecule has 0 saturated carbocycles. The number of hydrogen-bond donors (Lipinski definition) is 2. The molecule has 0 aromatic heterocycles. The van der Waals surface area contributed by atoms with Crippen molar-refractivity contribution in [1.29, 1.82) is 0 Å². The molecule has 1 unspecified atom stereocenters. The maximum atomic E-state index is 12.2. The molecule has 0 aliphatic rings. The first-order valence-electron chi connectivity index (χ1n) is 12.2. The fraction of sp³-hybridized carbons (Fsp3) is 0.826. The van der Waals surface area contributed by atoms with Gasteiger partial charge in [-0.25, -0.2) is 4.57 Å². The molecule has 10 heteroatoms. The summed E-state index contributed by atoms with van der Waals surface area (Å²) in [6.07, 6.45) is 11.0. The third-order valence-electron chi connectivity index (χ3n) is 4.81. The van der Waals surface area contributed by atoms with Crippen LogP contribution in [0, 0.1) is 13.8 Å². The van der Waals surface area contributed by atoms with Gasteiger partial charge in [-0.2, -0.15) is 12.8 Å². The van der Waals surface area contributed by atoms with E-state index in [1.165, 1.54) is 0 Å². The lowest BCUT2D eigenvalue weighted by Gasteiger charge is -2.19. The van der Waals surface area contributed by atoms with Crippen LogP contribution in [0.25, 0.3) is 0 Å². The van der Waals surface area contributed by atoms with Crippen molar-refractivity contribution < 1.29 is 43.3 Å². The highest BCUT2D eigenvalue weighted by atomic mass is 31.2. The van der Waals surface area contributed by atoms with Crippen molar-refractivity contribution in [2.45, 2.75) is 96.0 Å². The molecule has 0 aromatic rings. The number of esters is 2. The van der Waals surface area contributed by atoms with E-state index < -0.39 is 32.5 Å². The summed E-state index contributed by atoms with van der Waals surface area (Å²) >= 11 is 0. The largest absolute Gasteiger partial charge is 0.472 e. The van der Waals surface area contributed by atoms with Crippen LogP contribution in [0.1, 0.15) is 89.9 Å². The van der Waals surface area contributed by atoms with E-state index in [0.29, 0.717) is 13.0 Å². The molecule has 33 heavy (non-hydrogen) atoms. The van der Waals surface area contributed by atoms with Gasteiger partial charge in [0.25, 0.3) is 0 Å². The van der Waals surface area contributed by atoms with Crippen LogP contribution in [0.15, 0.2) is 0 Å². The van der Waals surface area contributed by atoms with Crippen molar-refractivity contribution in [3.63, 3.8) is 0 Å². The Morgan fingerprint density at radius 3 is 1.85 bits per heavy atom. The van der Waals surface area contributed by atoms with Crippen molar-refractivity contribution in [2.75, 3.05) is 26.4 Å². The zero-order chi connectivity index (χ0) is 24.8. The van der Waals surface area contributed by atoms with Gasteiger partial charge in [-0.15, -0.1) is 0 Å². The number of rotatable bonds is 23. The van der Waals surface area contributed by atoms with E-state index in [1.807, 2.05) is 0 Å². The average molecular weight is 495 g/mol. The molecule has 0 fully saturated rings. The predicted octanol–water partition coefficient (Wildman–Crippen LogP) is 3.95. The van der Waals surface area contributed by atoms with Crippen LogP contribution < -0.4 is 5.73 Å². The lowest BCUT2D eigenvalue weighted by molar-refractivity contribution is -0.371. The predicted molar refractivity (Wildman–Crippen MR) is 126 cm³/mol. The molecule has 0 amide bonds. The Kier molecular flexibility index (Phi) is 20.9. The van der Waals surface area contributed by atoms with E-state index in [4.69, 9.17) is 18.5 Å². The Labute approximate surface area is 199 Å². The molecule has 196 valence electrons. The van der Waals surface area contributed by atoms with E-state index in [2.05, 4.69) is 19.6 Å². The van der Waals surface area contributed by atoms with Crippen molar-refractivity contribution in [1.82, 2.24) is 0 Å². The van der Waals surface area contributed by atoms with Crippen LogP contribution in [-0.4, -0.2) is 49.3 Å². The van der Waals surface area contributed by atoms with Gasteiger partial charge >= 0.3 is 19.8 Å². The molecule has 0 aliphatic heterocycles. The van der Waals surface area contributed by atoms with E-state index >= 15 is 0 Å². The minimum absolute atomic E-state index is 0.0456. The summed E-state index contributed by atoms with van der Waals surface area (Å²) in [5.74, 6) is -0.868. The Morgan fingerprint density at radius 2 is 1.30 bits per heavy atom. The second kappa shape index (κ2) is 21.5. The standard InChI is InChI=1S/C23H44NO8P/c1-3-5-7-9-11-13-15-22(25)29-19-21(20-31-33(27,28)30-18-17-24)32-23(26)16-14-12-10-8-6-4-2/h21H,1-20,24H2,(H,27,28)/q-2/p+1/t21-/m1/s1. The first-order valence-corrected chi connectivity index (χ1v) is 13.7. The van der Waals surface area contributed by atoms with Crippen molar-refractivity contribution in [2.24, 2.45) is 0 Å². The topological polar surface area (TPSA) is 136 Å². The SMILES string of the molecule is [CH2-]CCCCCCCC(=O)OC[C@H](COP(=O)(O)OCC[NH3+])OC(=O)CCCCCCC[CH2-]. The van der Waals surface area contributed by atoms with Crippen molar-refractivity contribution >= 4 is 19.8 Å². The van der Waals surface area contributed by atoms with E-state index in [0.717, 1.165) is 70.6 Å². The lowest BCUT2D eigenvalue weighted by atomic mass is 10.1. The highest BCUT2D eigenvalue weighted by Crippen LogP contribution is 2.43. The van der Waals surface area contributed by atoms with Gasteiger partial charge in [0.1, 0.15) is 13.2 Å². The van der Waals surface area contributed by atoms with Crippen LogP contribution >= 0.6 is 7.82 Å². The normalized spacial score (nSPS) is 13.9. The Morgan fingerprint density at radius 1 is 0.788 bits per heavy atom. The van der Waals surface area contributed by atoms with Crippen molar-refractivity contribution in [3.05, 3.63) is 13.8 Å². The molecule has 0 rings (SSSR count). The zero-order valence-corrected chi connectivity index (χ0v) is 21.1. The first-order chi connectivity index (χ1) is 15.8. The van der Waals surface area contributed by atoms with Gasteiger partial charge in [-0.05, 0) is 12.8 Å². The maximum Gasteiger partial charge on any atom is 0.472 e. The fourth-order valence-electron chi connectivity index (χ4n) is 2.97. The number of carbonyl (C=O) groups is 2. The molecule has 2 atom stereocenters. The minimum atomic E-state index is -4.30. The highest BCUT2D eigenvalue weighted by Gasteiger charge is 2.26. The lowest BCUT2D eigenvalue weighted by Crippen LogP contribution is -2.52. The van der Waals surface area contributed by atoms with Crippen LogP contribution in [0.3, 0.4) is 0 Å². The molecular formula is C23H45NO8P-. The van der Waals surface area contributed by atoms with Gasteiger partial charge in [0.2, 0.25) is 0 Å². The third kappa shape index (κ3) is 21.3. The van der Waals surface area contributed by atoms with Crippen LogP contribution in [0.5, 0.6) is 0 Å². The number of hydrogen-bond acceptors (Lipinski definition) is 7. The van der Waals surface area contributed by atoms with E-state index in [1.54, 1.807) is 0 Å². The highest BCUT2D eigenvalue weighted by molar-refractivity contribution is 7.47. The van der Waals surface area contributed by atoms with Crippen LogP contribution in [0.2, 0.25) is 0 Å². The number of quaternary nitrogens is 1. The quantitative estimate of drug-likeness (QED) is 0.0943. The second-order valence-corrected chi connectivity index (χ2v) is 9.44. The molecule has 9 nitrogen and oxygen atoms in total. The molecule has 0 spiro atoms. The van der Waals surface area contributed by atoms with Gasteiger partial charge < -0.3 is 33.9 Å². The summed E-state index contributed by atoms with van der Waals surface area (Å²) in [4.78, 5) is 33.9. The van der Waals surface area contributed by atoms with Crippen LogP contribution in [0.4, 0.5) is 0 Å². The van der Waals surface area contributed by atoms with Gasteiger partial charge in [-0.3, -0.25) is 18.6 Å². The minimum Gasteiger partial charge on any atom is -0.462 e. The summed E-state index contributed by atoms with van der Waals surface area (Å²) in [7, 11) is -4.30. The Hall–Kier alpha value is -0.990. The second-order valence-electron chi connectivity index (χ2n) is 7.99. The Bertz CT molecular complexity index is 547. The molecule has 4 N–H and O–H groups in total. The first kappa shape index (κ1) is 32.0. The summed E-state index contributed by atoms with van der Waals surface area (Å²) in [6, 6.07) is 0. The average Bonchev–Trinajstić information content (AvgIpc) is 2.79. The number of phosphoric ester groups is 1. The Balaban J connectivity index is 4.45. The molecule has 0 saturated heterocycles. The molecule has 0 aromatic carbocycles. The van der Waals surface area contributed by atoms with Gasteiger partial charge in [-0.1, -0.05) is 51.4 Å². The smallest absolute Gasteiger partial charge is 0.462 e. The number of ether oxygens (including phenoxy) is 2. The maximum absolute atomic E-state index is 12.2. The fourth-order valence-corrected chi connectivity index (χ4v) is 3.76. The summed E-state index contributed by atoms with van der Waals surface area (Å²) in [5.41, 5.74) is 3.52. The third-order valence-corrected chi connectivity index (χ3v) is 5.80. The molecular weight excluding hydrogens is 449 g/mol. The van der Waals surface area contributed by atoms with Crippen LogP contribution in [-0.2, 0) is 32.7 Å². The van der Waals surface area contributed by atoms with Gasteiger partial charge in [0.05, 0.1) is 13.2 Å². The van der Waals surface area contributed by atoms with Gasteiger partial charge in [0.15, 0.2) is 6.10 Å².